The van der Waals surface area contributed by atoms with Crippen molar-refractivity contribution in [2.45, 2.75) is 32.3 Å². The molecule has 1 aliphatic heterocycles. The largest absolute Gasteiger partial charge is 0.376 e. The Kier molecular flexibility index (Phi) is 6.20. The van der Waals surface area contributed by atoms with Crippen molar-refractivity contribution in [2.75, 3.05) is 19.7 Å². The highest BCUT2D eigenvalue weighted by molar-refractivity contribution is 5.94. The Morgan fingerprint density at radius 1 is 1.26 bits per heavy atom. The molecule has 2 aromatic rings. The Hall–Kier alpha value is -2.71. The lowest BCUT2D eigenvalue weighted by Gasteiger charge is -2.25. The summed E-state index contributed by atoms with van der Waals surface area (Å²) in [5.41, 5.74) is 2.21. The molecule has 0 radical (unpaired) electrons. The van der Waals surface area contributed by atoms with E-state index < -0.39 is 5.82 Å². The second kappa shape index (κ2) is 8.79. The molecule has 0 aliphatic carbocycles. The fraction of sp³-hybridized carbons (Fsp3) is 0.364. The first-order valence-corrected chi connectivity index (χ1v) is 9.33. The Morgan fingerprint density at radius 3 is 2.63 bits per heavy atom. The molecule has 1 saturated heterocycles. The van der Waals surface area contributed by atoms with Crippen molar-refractivity contribution < 1.29 is 13.9 Å². The fourth-order valence-corrected chi connectivity index (χ4v) is 3.36. The van der Waals surface area contributed by atoms with Crippen LogP contribution in [0.5, 0.6) is 0 Å². The highest BCUT2D eigenvalue weighted by Crippen LogP contribution is 2.23. The van der Waals surface area contributed by atoms with Crippen molar-refractivity contribution in [1.82, 2.24) is 4.90 Å². The summed E-state index contributed by atoms with van der Waals surface area (Å²) in [6.45, 7) is 4.15. The number of hydrogen-bond donors (Lipinski definition) is 0. The van der Waals surface area contributed by atoms with Crippen molar-refractivity contribution in [2.24, 2.45) is 0 Å². The number of carbonyl (C=O) groups excluding carboxylic acids is 1. The minimum Gasteiger partial charge on any atom is -0.376 e. The van der Waals surface area contributed by atoms with E-state index >= 15 is 0 Å². The molecule has 0 spiro atoms. The molecule has 4 nitrogen and oxygen atoms in total. The summed E-state index contributed by atoms with van der Waals surface area (Å²) in [4.78, 5) is 14.8. The van der Waals surface area contributed by atoms with Gasteiger partial charge >= 0.3 is 0 Å². The van der Waals surface area contributed by atoms with E-state index in [4.69, 9.17) is 10.00 Å². The Morgan fingerprint density at radius 2 is 2.00 bits per heavy atom. The zero-order chi connectivity index (χ0) is 19.2. The van der Waals surface area contributed by atoms with Gasteiger partial charge in [-0.15, -0.1) is 0 Å². The molecular weight excluding hydrogens is 343 g/mol. The molecule has 5 heteroatoms. The SMILES string of the molecule is CCCN(C[C@@H]1CCCO1)C(=O)c1ccc(-c2ccc(F)c(C#N)c2)cc1. The van der Waals surface area contributed by atoms with Gasteiger partial charge in [0.15, 0.2) is 0 Å². The van der Waals surface area contributed by atoms with Gasteiger partial charge in [0, 0.05) is 25.3 Å². The van der Waals surface area contributed by atoms with Crippen molar-refractivity contribution in [3.63, 3.8) is 0 Å². The lowest BCUT2D eigenvalue weighted by Crippen LogP contribution is -2.37. The predicted octanol–water partition coefficient (Wildman–Crippen LogP) is 4.40. The molecule has 27 heavy (non-hydrogen) atoms. The Balaban J connectivity index is 1.76. The van der Waals surface area contributed by atoms with E-state index in [0.29, 0.717) is 18.7 Å². The number of rotatable bonds is 6. The number of amides is 1. The van der Waals surface area contributed by atoms with Gasteiger partial charge in [0.25, 0.3) is 5.91 Å². The van der Waals surface area contributed by atoms with Crippen LogP contribution in [-0.4, -0.2) is 36.6 Å². The monoisotopic (exact) mass is 366 g/mol. The van der Waals surface area contributed by atoms with Gasteiger partial charge in [-0.1, -0.05) is 25.1 Å². The number of benzene rings is 2. The van der Waals surface area contributed by atoms with Crippen molar-refractivity contribution in [1.29, 1.82) is 5.26 Å². The third kappa shape index (κ3) is 4.53. The van der Waals surface area contributed by atoms with E-state index in [-0.39, 0.29) is 17.6 Å². The zero-order valence-electron chi connectivity index (χ0n) is 15.5. The molecular formula is C22H23FN2O2. The second-order valence-electron chi connectivity index (χ2n) is 6.77. The molecule has 0 saturated carbocycles. The molecule has 3 rings (SSSR count). The number of nitrogens with zero attached hydrogens (tertiary/aromatic N) is 2. The second-order valence-corrected chi connectivity index (χ2v) is 6.77. The fourth-order valence-electron chi connectivity index (χ4n) is 3.36. The van der Waals surface area contributed by atoms with Crippen LogP contribution in [0.2, 0.25) is 0 Å². The molecule has 140 valence electrons. The van der Waals surface area contributed by atoms with E-state index in [0.717, 1.165) is 37.0 Å². The summed E-state index contributed by atoms with van der Waals surface area (Å²) >= 11 is 0. The maximum atomic E-state index is 13.5. The number of hydrogen-bond acceptors (Lipinski definition) is 3. The van der Waals surface area contributed by atoms with Crippen molar-refractivity contribution >= 4 is 5.91 Å². The minimum absolute atomic E-state index is 0.00396. The third-order valence-corrected chi connectivity index (χ3v) is 4.78. The number of nitriles is 1. The molecule has 0 bridgehead atoms. The van der Waals surface area contributed by atoms with E-state index in [1.165, 1.54) is 12.1 Å². The van der Waals surface area contributed by atoms with E-state index in [1.54, 1.807) is 18.2 Å². The highest BCUT2D eigenvalue weighted by Gasteiger charge is 2.23. The first-order valence-electron chi connectivity index (χ1n) is 9.33. The average Bonchev–Trinajstić information content (AvgIpc) is 3.21. The molecule has 0 unspecified atom stereocenters. The van der Waals surface area contributed by atoms with Gasteiger partial charge in [0.1, 0.15) is 11.9 Å². The molecule has 0 aromatic heterocycles. The Bertz CT molecular complexity index is 836. The van der Waals surface area contributed by atoms with Gasteiger partial charge in [0.05, 0.1) is 11.7 Å². The van der Waals surface area contributed by atoms with Crippen LogP contribution in [0.4, 0.5) is 4.39 Å². The highest BCUT2D eigenvalue weighted by atomic mass is 19.1. The molecule has 1 atom stereocenters. The first-order chi connectivity index (χ1) is 13.1. The van der Waals surface area contributed by atoms with Gasteiger partial charge in [0.2, 0.25) is 0 Å². The van der Waals surface area contributed by atoms with Gasteiger partial charge in [-0.3, -0.25) is 4.79 Å². The third-order valence-electron chi connectivity index (χ3n) is 4.78. The maximum Gasteiger partial charge on any atom is 0.253 e. The van der Waals surface area contributed by atoms with Gasteiger partial charge in [-0.25, -0.2) is 4.39 Å². The summed E-state index contributed by atoms with van der Waals surface area (Å²) in [6, 6.07) is 13.5. The lowest BCUT2D eigenvalue weighted by atomic mass is 10.0. The van der Waals surface area contributed by atoms with E-state index in [1.807, 2.05) is 23.1 Å². The summed E-state index contributed by atoms with van der Waals surface area (Å²) in [7, 11) is 0. The topological polar surface area (TPSA) is 53.3 Å². The number of carbonyl (C=O) groups is 1. The van der Waals surface area contributed by atoms with Crippen LogP contribution in [0.1, 0.15) is 42.1 Å². The smallest absolute Gasteiger partial charge is 0.253 e. The quantitative estimate of drug-likeness (QED) is 0.762. The lowest BCUT2D eigenvalue weighted by molar-refractivity contribution is 0.0526. The summed E-state index contributed by atoms with van der Waals surface area (Å²) in [5.74, 6) is -0.534. The van der Waals surface area contributed by atoms with Crippen LogP contribution in [0, 0.1) is 17.1 Å². The van der Waals surface area contributed by atoms with Crippen LogP contribution < -0.4 is 0 Å². The molecule has 1 amide bonds. The molecule has 1 heterocycles. The minimum atomic E-state index is -0.530. The van der Waals surface area contributed by atoms with E-state index in [9.17, 15) is 9.18 Å². The summed E-state index contributed by atoms with van der Waals surface area (Å²) < 4.78 is 19.2. The van der Waals surface area contributed by atoms with Gasteiger partial charge < -0.3 is 9.64 Å². The number of halogens is 1. The molecule has 2 aromatic carbocycles. The van der Waals surface area contributed by atoms with Crippen LogP contribution in [-0.2, 0) is 4.74 Å². The maximum absolute atomic E-state index is 13.5. The van der Waals surface area contributed by atoms with Crippen LogP contribution >= 0.6 is 0 Å². The molecule has 1 fully saturated rings. The zero-order valence-corrected chi connectivity index (χ0v) is 15.5. The van der Waals surface area contributed by atoms with Crippen molar-refractivity contribution in [3.8, 4) is 17.2 Å². The van der Waals surface area contributed by atoms with Gasteiger partial charge in [-0.2, -0.15) is 5.26 Å². The van der Waals surface area contributed by atoms with Crippen LogP contribution in [0.3, 0.4) is 0 Å². The van der Waals surface area contributed by atoms with Crippen LogP contribution in [0.15, 0.2) is 42.5 Å². The summed E-state index contributed by atoms with van der Waals surface area (Å²) in [5, 5.41) is 8.98. The number of ether oxygens (including phenoxy) is 1. The molecule has 0 N–H and O–H groups in total. The predicted molar refractivity (Wildman–Crippen MR) is 102 cm³/mol. The van der Waals surface area contributed by atoms with E-state index in [2.05, 4.69) is 6.92 Å². The normalized spacial score (nSPS) is 16.1. The summed E-state index contributed by atoms with van der Waals surface area (Å²) in [6.07, 6.45) is 3.07. The van der Waals surface area contributed by atoms with Gasteiger partial charge in [-0.05, 0) is 54.7 Å². The average molecular weight is 366 g/mol. The molecule has 1 aliphatic rings. The van der Waals surface area contributed by atoms with Crippen molar-refractivity contribution in [3.05, 3.63) is 59.4 Å². The first kappa shape index (κ1) is 19.1. The standard InChI is InChI=1S/C22H23FN2O2/c1-2-11-25(15-20-4-3-12-27-20)22(26)17-7-5-16(6-8-17)18-9-10-21(23)19(13-18)14-24/h5-10,13,20H,2-4,11-12,15H2,1H3/t20-/m0/s1. The van der Waals surface area contributed by atoms with Crippen LogP contribution in [0.25, 0.3) is 11.1 Å². The Labute approximate surface area is 159 Å².